The average molecular weight is 355 g/mol. The first-order valence-electron chi connectivity index (χ1n) is 8.94. The van der Waals surface area contributed by atoms with Gasteiger partial charge in [0.05, 0.1) is 0 Å². The van der Waals surface area contributed by atoms with E-state index in [1.165, 1.54) is 35.0 Å². The van der Waals surface area contributed by atoms with Crippen LogP contribution in [0.1, 0.15) is 47.4 Å². The molecule has 1 aliphatic carbocycles. The van der Waals surface area contributed by atoms with Gasteiger partial charge in [-0.3, -0.25) is 0 Å². The normalized spacial score (nSPS) is 20.0. The monoisotopic (exact) mass is 354 g/mol. The molecular weight excluding hydrogens is 332 g/mol. The minimum absolute atomic E-state index is 0. The number of aliphatic hydroxyl groups excluding tert-OH is 1. The number of aromatic nitrogens is 1. The van der Waals surface area contributed by atoms with Gasteiger partial charge in [0.15, 0.2) is 0 Å². The Hall–Kier alpha value is -1.81. The van der Waals surface area contributed by atoms with Crippen LogP contribution in [0.4, 0.5) is 0 Å². The van der Waals surface area contributed by atoms with Crippen LogP contribution in [0.5, 0.6) is 0 Å². The van der Waals surface area contributed by atoms with E-state index in [1.54, 1.807) is 0 Å². The van der Waals surface area contributed by atoms with Crippen LogP contribution < -0.4 is 5.32 Å². The van der Waals surface area contributed by atoms with Crippen LogP contribution in [0.25, 0.3) is 10.9 Å². The van der Waals surface area contributed by atoms with Crippen molar-refractivity contribution in [1.82, 2.24) is 9.88 Å². The highest BCUT2D eigenvalue weighted by molar-refractivity contribution is 5.87. The van der Waals surface area contributed by atoms with Gasteiger partial charge >= 0.3 is 0 Å². The zero-order valence-electron chi connectivity index (χ0n) is 14.1. The second kappa shape index (κ2) is 6.49. The van der Waals surface area contributed by atoms with Gasteiger partial charge in [0, 0.05) is 35.7 Å². The standard InChI is InChI=1S/C21H22N2O.ClH/c24-21(14-5-2-1-3-6-14)15-9-10-19-17(13-15)16-7-4-8-18-20(16)23(19)12-11-22-18;/h1-3,5-6,9-10,13,18,21-22,24H,4,7-8,11-12H2;1H. The van der Waals surface area contributed by atoms with Crippen molar-refractivity contribution in [3.63, 3.8) is 0 Å². The second-order valence-electron chi connectivity index (χ2n) is 7.00. The molecule has 0 bridgehead atoms. The van der Waals surface area contributed by atoms with Crippen LogP contribution in [-0.4, -0.2) is 16.2 Å². The molecule has 2 aliphatic rings. The first-order valence-corrected chi connectivity index (χ1v) is 8.94. The highest BCUT2D eigenvalue weighted by Crippen LogP contribution is 2.40. The summed E-state index contributed by atoms with van der Waals surface area (Å²) in [5.41, 5.74) is 6.26. The Bertz CT molecular complexity index is 901. The summed E-state index contributed by atoms with van der Waals surface area (Å²) < 4.78 is 2.50. The fourth-order valence-electron chi connectivity index (χ4n) is 4.53. The molecule has 1 aliphatic heterocycles. The largest absolute Gasteiger partial charge is 0.384 e. The third kappa shape index (κ3) is 2.58. The number of halogens is 1. The zero-order valence-corrected chi connectivity index (χ0v) is 14.9. The Labute approximate surface area is 154 Å². The summed E-state index contributed by atoms with van der Waals surface area (Å²) in [6.07, 6.45) is 3.08. The quantitative estimate of drug-likeness (QED) is 0.726. The maximum Gasteiger partial charge on any atom is 0.104 e. The number of nitrogens with one attached hydrogen (secondary N) is 1. The molecule has 0 spiro atoms. The van der Waals surface area contributed by atoms with E-state index in [0.29, 0.717) is 6.04 Å². The molecule has 0 amide bonds. The lowest BCUT2D eigenvalue weighted by atomic mass is 9.90. The maximum atomic E-state index is 10.8. The van der Waals surface area contributed by atoms with Gasteiger partial charge in [0.2, 0.25) is 0 Å². The van der Waals surface area contributed by atoms with Crippen molar-refractivity contribution in [2.45, 2.75) is 38.0 Å². The number of fused-ring (bicyclic) bond motifs is 3. The molecule has 2 heterocycles. The summed E-state index contributed by atoms with van der Waals surface area (Å²) >= 11 is 0. The lowest BCUT2D eigenvalue weighted by molar-refractivity contribution is 0.220. The van der Waals surface area contributed by atoms with Crippen LogP contribution >= 0.6 is 12.4 Å². The summed E-state index contributed by atoms with van der Waals surface area (Å²) in [6, 6.07) is 16.9. The molecule has 130 valence electrons. The van der Waals surface area contributed by atoms with Gasteiger partial charge in [0.1, 0.15) is 6.10 Å². The highest BCUT2D eigenvalue weighted by Gasteiger charge is 2.30. The van der Waals surface area contributed by atoms with Crippen molar-refractivity contribution in [3.05, 3.63) is 70.9 Å². The zero-order chi connectivity index (χ0) is 16.1. The smallest absolute Gasteiger partial charge is 0.104 e. The Morgan fingerprint density at radius 2 is 1.92 bits per heavy atom. The number of nitrogens with zero attached hydrogens (tertiary/aromatic N) is 1. The SMILES string of the molecule is Cl.OC(c1ccccc1)c1ccc2c(c1)c1c3n2CCNC3CCC1. The van der Waals surface area contributed by atoms with E-state index in [-0.39, 0.29) is 12.4 Å². The van der Waals surface area contributed by atoms with Gasteiger partial charge < -0.3 is 15.0 Å². The summed E-state index contributed by atoms with van der Waals surface area (Å²) in [7, 11) is 0. The number of aryl methyl sites for hydroxylation is 1. The molecule has 0 radical (unpaired) electrons. The third-order valence-electron chi connectivity index (χ3n) is 5.64. The summed E-state index contributed by atoms with van der Waals surface area (Å²) in [4.78, 5) is 0. The van der Waals surface area contributed by atoms with Gasteiger partial charge in [-0.05, 0) is 48.1 Å². The molecule has 3 aromatic rings. The molecule has 2 unspecified atom stereocenters. The third-order valence-corrected chi connectivity index (χ3v) is 5.64. The van der Waals surface area contributed by atoms with Crippen molar-refractivity contribution in [2.75, 3.05) is 6.54 Å². The van der Waals surface area contributed by atoms with Gasteiger partial charge in [-0.25, -0.2) is 0 Å². The summed E-state index contributed by atoms with van der Waals surface area (Å²) in [5, 5.41) is 15.8. The predicted molar refractivity (Wildman–Crippen MR) is 103 cm³/mol. The molecule has 1 aromatic heterocycles. The molecule has 2 aromatic carbocycles. The first-order chi connectivity index (χ1) is 11.8. The maximum absolute atomic E-state index is 10.8. The Kier molecular flexibility index (Phi) is 4.32. The lowest BCUT2D eigenvalue weighted by Gasteiger charge is -2.31. The van der Waals surface area contributed by atoms with Crippen LogP contribution in [0.3, 0.4) is 0 Å². The van der Waals surface area contributed by atoms with E-state index in [2.05, 4.69) is 28.1 Å². The number of hydrogen-bond acceptors (Lipinski definition) is 2. The second-order valence-corrected chi connectivity index (χ2v) is 7.00. The van der Waals surface area contributed by atoms with Crippen molar-refractivity contribution in [3.8, 4) is 0 Å². The highest BCUT2D eigenvalue weighted by atomic mass is 35.5. The van der Waals surface area contributed by atoms with Crippen molar-refractivity contribution in [1.29, 1.82) is 0 Å². The molecule has 2 N–H and O–H groups in total. The Morgan fingerprint density at radius 3 is 2.76 bits per heavy atom. The number of benzene rings is 2. The molecule has 4 heteroatoms. The van der Waals surface area contributed by atoms with Gasteiger partial charge in [-0.1, -0.05) is 36.4 Å². The number of rotatable bonds is 2. The van der Waals surface area contributed by atoms with Crippen LogP contribution in [0.2, 0.25) is 0 Å². The van der Waals surface area contributed by atoms with E-state index in [0.717, 1.165) is 30.6 Å². The molecule has 0 fully saturated rings. The predicted octanol–water partition coefficient (Wildman–Crippen LogP) is 4.13. The first kappa shape index (κ1) is 16.6. The van der Waals surface area contributed by atoms with E-state index < -0.39 is 6.10 Å². The molecule has 0 saturated heterocycles. The van der Waals surface area contributed by atoms with Gasteiger partial charge in [-0.2, -0.15) is 0 Å². The fourth-order valence-corrected chi connectivity index (χ4v) is 4.53. The molecular formula is C21H23ClN2O. The van der Waals surface area contributed by atoms with E-state index >= 15 is 0 Å². The fraction of sp³-hybridized carbons (Fsp3) is 0.333. The lowest BCUT2D eigenvalue weighted by Crippen LogP contribution is -2.35. The summed E-state index contributed by atoms with van der Waals surface area (Å²) in [5.74, 6) is 0. The molecule has 5 rings (SSSR count). The van der Waals surface area contributed by atoms with E-state index in [9.17, 15) is 5.11 Å². The van der Waals surface area contributed by atoms with Crippen LogP contribution in [-0.2, 0) is 13.0 Å². The molecule has 25 heavy (non-hydrogen) atoms. The number of aliphatic hydroxyl groups is 1. The van der Waals surface area contributed by atoms with E-state index in [1.807, 2.05) is 30.3 Å². The number of hydrogen-bond donors (Lipinski definition) is 2. The Balaban J connectivity index is 0.00000157. The van der Waals surface area contributed by atoms with Gasteiger partial charge in [0.25, 0.3) is 0 Å². The van der Waals surface area contributed by atoms with Gasteiger partial charge in [-0.15, -0.1) is 12.4 Å². The Morgan fingerprint density at radius 1 is 1.08 bits per heavy atom. The molecule has 0 saturated carbocycles. The minimum Gasteiger partial charge on any atom is -0.384 e. The summed E-state index contributed by atoms with van der Waals surface area (Å²) in [6.45, 7) is 2.10. The van der Waals surface area contributed by atoms with Crippen molar-refractivity contribution in [2.24, 2.45) is 0 Å². The van der Waals surface area contributed by atoms with Crippen LogP contribution in [0.15, 0.2) is 48.5 Å². The topological polar surface area (TPSA) is 37.2 Å². The minimum atomic E-state index is -0.558. The molecule has 2 atom stereocenters. The average Bonchev–Trinajstić information content (AvgIpc) is 2.98. The van der Waals surface area contributed by atoms with Crippen LogP contribution in [0, 0.1) is 0 Å². The van der Waals surface area contributed by atoms with Crippen molar-refractivity contribution < 1.29 is 5.11 Å². The van der Waals surface area contributed by atoms with Crippen molar-refractivity contribution >= 4 is 23.3 Å². The molecule has 3 nitrogen and oxygen atoms in total. The van der Waals surface area contributed by atoms with E-state index in [4.69, 9.17) is 0 Å².